The number of nitrogens with one attached hydrogen (secondary N) is 2. The van der Waals surface area contributed by atoms with Crippen molar-refractivity contribution in [3.63, 3.8) is 0 Å². The number of rotatable bonds is 9. The van der Waals surface area contributed by atoms with Gasteiger partial charge in [0.1, 0.15) is 5.75 Å². The molecule has 0 aromatic heterocycles. The molecule has 0 bridgehead atoms. The van der Waals surface area contributed by atoms with Crippen molar-refractivity contribution >= 4 is 5.96 Å². The molecule has 2 aliphatic rings. The van der Waals surface area contributed by atoms with Crippen LogP contribution in [0.3, 0.4) is 0 Å². The van der Waals surface area contributed by atoms with Gasteiger partial charge in [-0.3, -0.25) is 14.8 Å². The number of likely N-dealkylation sites (tertiary alicyclic amines) is 1. The van der Waals surface area contributed by atoms with Crippen molar-refractivity contribution in [2.24, 2.45) is 4.99 Å². The Bertz CT molecular complexity index is 665. The summed E-state index contributed by atoms with van der Waals surface area (Å²) in [5.74, 6) is 1.78. The molecule has 2 N–H and O–H groups in total. The molecule has 2 saturated heterocycles. The number of nitrogens with zero attached hydrogens (tertiary/aromatic N) is 3. The number of guanidine groups is 1. The topological polar surface area (TPSA) is 61.4 Å². The molecule has 174 valence electrons. The normalized spacial score (nSPS) is 24.2. The molecule has 0 saturated carbocycles. The molecule has 7 nitrogen and oxygen atoms in total. The monoisotopic (exact) mass is 431 g/mol. The van der Waals surface area contributed by atoms with Crippen LogP contribution in [0.15, 0.2) is 29.3 Å². The van der Waals surface area contributed by atoms with E-state index in [9.17, 15) is 0 Å². The third-order valence-electron chi connectivity index (χ3n) is 6.21. The molecule has 1 aromatic rings. The quantitative estimate of drug-likeness (QED) is 0.356. The average Bonchev–Trinajstić information content (AvgIpc) is 3.29. The maximum absolute atomic E-state index is 5.83. The van der Waals surface area contributed by atoms with Crippen LogP contribution in [0.2, 0.25) is 0 Å². The average molecular weight is 432 g/mol. The Balaban J connectivity index is 1.46. The number of benzene rings is 1. The summed E-state index contributed by atoms with van der Waals surface area (Å²) in [4.78, 5) is 9.51. The van der Waals surface area contributed by atoms with Gasteiger partial charge in [0.2, 0.25) is 0 Å². The van der Waals surface area contributed by atoms with Crippen LogP contribution in [0.1, 0.15) is 44.7 Å². The van der Waals surface area contributed by atoms with Gasteiger partial charge in [-0.1, -0.05) is 12.1 Å². The third-order valence-corrected chi connectivity index (χ3v) is 6.21. The van der Waals surface area contributed by atoms with Gasteiger partial charge >= 0.3 is 0 Å². The summed E-state index contributed by atoms with van der Waals surface area (Å²) in [7, 11) is 3.56. The third kappa shape index (κ3) is 7.37. The summed E-state index contributed by atoms with van der Waals surface area (Å²) in [5.41, 5.74) is 1.32. The zero-order chi connectivity index (χ0) is 22.1. The van der Waals surface area contributed by atoms with Crippen molar-refractivity contribution < 1.29 is 9.47 Å². The van der Waals surface area contributed by atoms with Gasteiger partial charge in [0, 0.05) is 39.8 Å². The number of hydrogen-bond acceptors (Lipinski definition) is 5. The van der Waals surface area contributed by atoms with Crippen LogP contribution in [0.5, 0.6) is 5.75 Å². The number of ether oxygens (including phenoxy) is 2. The second-order valence-electron chi connectivity index (χ2n) is 8.78. The van der Waals surface area contributed by atoms with Crippen molar-refractivity contribution in [2.75, 3.05) is 60.0 Å². The number of hydrogen-bond donors (Lipinski definition) is 2. The maximum Gasteiger partial charge on any atom is 0.191 e. The Morgan fingerprint density at radius 3 is 2.42 bits per heavy atom. The molecule has 2 heterocycles. The van der Waals surface area contributed by atoms with Gasteiger partial charge in [-0.25, -0.2) is 0 Å². The highest BCUT2D eigenvalue weighted by Gasteiger charge is 2.24. The van der Waals surface area contributed by atoms with Crippen molar-refractivity contribution in [1.82, 2.24) is 20.4 Å². The Labute approximate surface area is 188 Å². The first-order chi connectivity index (χ1) is 15.1. The van der Waals surface area contributed by atoms with Crippen molar-refractivity contribution in [3.05, 3.63) is 29.8 Å². The standard InChI is InChI=1S/C24H41N5O2/c1-19-17-28(18-20(2)31-19)13-7-12-26-24(25-3)27-16-23(29-14-5-6-15-29)21-8-10-22(30-4)11-9-21/h8-11,19-20,23H,5-7,12-18H2,1-4H3,(H2,25,26,27). The van der Waals surface area contributed by atoms with E-state index in [2.05, 4.69) is 63.5 Å². The Morgan fingerprint density at radius 2 is 1.81 bits per heavy atom. The van der Waals surface area contributed by atoms with E-state index in [1.54, 1.807) is 7.11 Å². The first-order valence-corrected chi connectivity index (χ1v) is 11.8. The fraction of sp³-hybridized carbons (Fsp3) is 0.708. The molecule has 31 heavy (non-hydrogen) atoms. The predicted molar refractivity (Wildman–Crippen MR) is 127 cm³/mol. The Kier molecular flexibility index (Phi) is 9.43. The molecular weight excluding hydrogens is 390 g/mol. The summed E-state index contributed by atoms with van der Waals surface area (Å²) < 4.78 is 11.2. The second kappa shape index (κ2) is 12.3. The highest BCUT2D eigenvalue weighted by Crippen LogP contribution is 2.26. The SMILES string of the molecule is CN=C(NCCCN1CC(C)OC(C)C1)NCC(c1ccc(OC)cc1)N1CCCC1. The lowest BCUT2D eigenvalue weighted by Crippen LogP contribution is -2.46. The summed E-state index contributed by atoms with van der Waals surface area (Å²) >= 11 is 0. The molecule has 3 atom stereocenters. The largest absolute Gasteiger partial charge is 0.497 e. The second-order valence-corrected chi connectivity index (χ2v) is 8.78. The summed E-state index contributed by atoms with van der Waals surface area (Å²) in [5, 5.41) is 7.05. The minimum atomic E-state index is 0.326. The number of aliphatic imine (C=N–C) groups is 1. The minimum absolute atomic E-state index is 0.326. The van der Waals surface area contributed by atoms with E-state index >= 15 is 0 Å². The maximum atomic E-state index is 5.83. The highest BCUT2D eigenvalue weighted by molar-refractivity contribution is 5.79. The van der Waals surface area contributed by atoms with E-state index < -0.39 is 0 Å². The highest BCUT2D eigenvalue weighted by atomic mass is 16.5. The number of morpholine rings is 1. The van der Waals surface area contributed by atoms with Crippen LogP contribution >= 0.6 is 0 Å². The van der Waals surface area contributed by atoms with E-state index in [4.69, 9.17) is 9.47 Å². The first kappa shape index (κ1) is 23.8. The summed E-state index contributed by atoms with van der Waals surface area (Å²) in [6.45, 7) is 11.5. The van der Waals surface area contributed by atoms with E-state index in [1.165, 1.54) is 18.4 Å². The lowest BCUT2D eigenvalue weighted by Gasteiger charge is -2.35. The summed E-state index contributed by atoms with van der Waals surface area (Å²) in [6, 6.07) is 8.81. The van der Waals surface area contributed by atoms with Gasteiger partial charge in [-0.15, -0.1) is 0 Å². The molecule has 7 heteroatoms. The number of methoxy groups -OCH3 is 1. The molecule has 0 radical (unpaired) electrons. The lowest BCUT2D eigenvalue weighted by molar-refractivity contribution is -0.0679. The van der Waals surface area contributed by atoms with Crippen molar-refractivity contribution in [1.29, 1.82) is 0 Å². The van der Waals surface area contributed by atoms with Gasteiger partial charge in [0.05, 0.1) is 25.4 Å². The van der Waals surface area contributed by atoms with E-state index in [-0.39, 0.29) is 0 Å². The lowest BCUT2D eigenvalue weighted by atomic mass is 10.1. The van der Waals surface area contributed by atoms with Crippen LogP contribution in [-0.2, 0) is 4.74 Å². The van der Waals surface area contributed by atoms with Crippen LogP contribution in [0.4, 0.5) is 0 Å². The molecular formula is C24H41N5O2. The van der Waals surface area contributed by atoms with E-state index in [0.29, 0.717) is 18.2 Å². The van der Waals surface area contributed by atoms with Gasteiger partial charge in [0.15, 0.2) is 5.96 Å². The molecule has 3 unspecified atom stereocenters. The molecule has 0 aliphatic carbocycles. The molecule has 0 spiro atoms. The van der Waals surface area contributed by atoms with Crippen LogP contribution in [-0.4, -0.2) is 87.9 Å². The van der Waals surface area contributed by atoms with Crippen LogP contribution in [0, 0.1) is 0 Å². The van der Waals surface area contributed by atoms with E-state index in [0.717, 1.165) is 63.9 Å². The zero-order valence-corrected chi connectivity index (χ0v) is 19.8. The zero-order valence-electron chi connectivity index (χ0n) is 19.8. The Hall–Kier alpha value is -1.83. The molecule has 1 aromatic carbocycles. The molecule has 0 amide bonds. The molecule has 3 rings (SSSR count). The molecule has 2 aliphatic heterocycles. The van der Waals surface area contributed by atoms with E-state index in [1.807, 2.05) is 7.05 Å². The first-order valence-electron chi connectivity index (χ1n) is 11.8. The van der Waals surface area contributed by atoms with Gasteiger partial charge < -0.3 is 20.1 Å². The molecule has 2 fully saturated rings. The summed E-state index contributed by atoms with van der Waals surface area (Å²) in [6.07, 6.45) is 4.29. The fourth-order valence-electron chi connectivity index (χ4n) is 4.73. The van der Waals surface area contributed by atoms with Crippen molar-refractivity contribution in [2.45, 2.75) is 51.4 Å². The Morgan fingerprint density at radius 1 is 1.13 bits per heavy atom. The minimum Gasteiger partial charge on any atom is -0.497 e. The van der Waals surface area contributed by atoms with Crippen LogP contribution < -0.4 is 15.4 Å². The predicted octanol–water partition coefficient (Wildman–Crippen LogP) is 2.50. The van der Waals surface area contributed by atoms with Gasteiger partial charge in [-0.2, -0.15) is 0 Å². The fourth-order valence-corrected chi connectivity index (χ4v) is 4.73. The smallest absolute Gasteiger partial charge is 0.191 e. The van der Waals surface area contributed by atoms with Gasteiger partial charge in [-0.05, 0) is 63.9 Å². The van der Waals surface area contributed by atoms with Crippen LogP contribution in [0.25, 0.3) is 0 Å². The van der Waals surface area contributed by atoms with Crippen molar-refractivity contribution in [3.8, 4) is 5.75 Å². The van der Waals surface area contributed by atoms with Gasteiger partial charge in [0.25, 0.3) is 0 Å².